The summed E-state index contributed by atoms with van der Waals surface area (Å²) in [5.74, 6) is -0.548. The molecule has 0 aliphatic heterocycles. The standard InChI is InChI=1S/C12H12O5/c1-5(13)9-6(2)17-12-7(14)4-8(16-3)11(15)10(9)12/h4-5,13H,1-3H3. The van der Waals surface area contributed by atoms with Crippen molar-refractivity contribution in [3.63, 3.8) is 0 Å². The summed E-state index contributed by atoms with van der Waals surface area (Å²) in [5, 5.41) is 9.63. The molecule has 2 rings (SSSR count). The first kappa shape index (κ1) is 11.6. The van der Waals surface area contributed by atoms with Crippen LogP contribution in [0, 0.1) is 6.92 Å². The average molecular weight is 236 g/mol. The van der Waals surface area contributed by atoms with Crippen LogP contribution in [0.4, 0.5) is 0 Å². The molecule has 5 heteroatoms. The van der Waals surface area contributed by atoms with Crippen molar-refractivity contribution in [3.8, 4) is 0 Å². The Labute approximate surface area is 97.7 Å². The Hall–Kier alpha value is -1.88. The zero-order valence-electron chi connectivity index (χ0n) is 9.73. The Kier molecular flexibility index (Phi) is 2.63. The van der Waals surface area contributed by atoms with Crippen LogP contribution in [0.15, 0.2) is 16.3 Å². The van der Waals surface area contributed by atoms with Crippen LogP contribution in [0.25, 0.3) is 0 Å². The smallest absolute Gasteiger partial charge is 0.232 e. The summed E-state index contributed by atoms with van der Waals surface area (Å²) in [6.45, 7) is 3.12. The summed E-state index contributed by atoms with van der Waals surface area (Å²) in [4.78, 5) is 23.7. The minimum atomic E-state index is -0.879. The number of hydrogen-bond acceptors (Lipinski definition) is 5. The number of furan rings is 1. The van der Waals surface area contributed by atoms with E-state index >= 15 is 0 Å². The largest absolute Gasteiger partial charge is 0.492 e. The van der Waals surface area contributed by atoms with Gasteiger partial charge in [0, 0.05) is 11.6 Å². The molecule has 1 aromatic heterocycles. The monoisotopic (exact) mass is 236 g/mol. The first-order valence-electron chi connectivity index (χ1n) is 5.13. The third-order valence-electron chi connectivity index (χ3n) is 2.71. The van der Waals surface area contributed by atoms with E-state index in [4.69, 9.17) is 9.15 Å². The number of ketones is 2. The van der Waals surface area contributed by atoms with E-state index in [-0.39, 0.29) is 17.1 Å². The van der Waals surface area contributed by atoms with Gasteiger partial charge in [-0.1, -0.05) is 0 Å². The highest BCUT2D eigenvalue weighted by molar-refractivity contribution is 6.23. The lowest BCUT2D eigenvalue weighted by atomic mass is 9.94. The topological polar surface area (TPSA) is 76.7 Å². The third kappa shape index (κ3) is 1.59. The zero-order valence-corrected chi connectivity index (χ0v) is 9.73. The van der Waals surface area contributed by atoms with Crippen molar-refractivity contribution in [1.82, 2.24) is 0 Å². The Morgan fingerprint density at radius 2 is 2.06 bits per heavy atom. The average Bonchev–Trinajstić information content (AvgIpc) is 2.61. The molecule has 0 saturated heterocycles. The molecule has 0 saturated carbocycles. The molecule has 5 nitrogen and oxygen atoms in total. The maximum absolute atomic E-state index is 12.0. The highest BCUT2D eigenvalue weighted by Crippen LogP contribution is 2.33. The second-order valence-electron chi connectivity index (χ2n) is 3.86. The predicted octanol–water partition coefficient (Wildman–Crippen LogP) is 1.55. The van der Waals surface area contributed by atoms with Gasteiger partial charge in [-0.25, -0.2) is 0 Å². The molecule has 1 heterocycles. The molecule has 1 N–H and O–H groups in total. The SMILES string of the molecule is COC1=CC(=O)c2oc(C)c(C(C)O)c2C1=O. The van der Waals surface area contributed by atoms with E-state index in [0.717, 1.165) is 6.08 Å². The number of carbonyl (C=O) groups excluding carboxylic acids is 2. The molecule has 1 aliphatic rings. The molecule has 0 bridgehead atoms. The van der Waals surface area contributed by atoms with Crippen molar-refractivity contribution in [2.24, 2.45) is 0 Å². The van der Waals surface area contributed by atoms with E-state index in [9.17, 15) is 14.7 Å². The fraction of sp³-hybridized carbons (Fsp3) is 0.333. The molecular formula is C12H12O5. The van der Waals surface area contributed by atoms with Gasteiger partial charge in [0.05, 0.1) is 18.8 Å². The van der Waals surface area contributed by atoms with Crippen molar-refractivity contribution < 1.29 is 23.8 Å². The Morgan fingerprint density at radius 1 is 1.41 bits per heavy atom. The van der Waals surface area contributed by atoms with E-state index in [2.05, 4.69) is 0 Å². The number of allylic oxidation sites excluding steroid dienone is 2. The highest BCUT2D eigenvalue weighted by Gasteiger charge is 2.35. The molecule has 0 fully saturated rings. The van der Waals surface area contributed by atoms with Crippen LogP contribution in [-0.4, -0.2) is 23.8 Å². The number of aliphatic hydroxyl groups is 1. The van der Waals surface area contributed by atoms with Gasteiger partial charge >= 0.3 is 0 Å². The Bertz CT molecular complexity index is 533. The molecule has 0 aromatic carbocycles. The van der Waals surface area contributed by atoms with Crippen LogP contribution >= 0.6 is 0 Å². The fourth-order valence-corrected chi connectivity index (χ4v) is 1.98. The van der Waals surface area contributed by atoms with Gasteiger partial charge in [-0.15, -0.1) is 0 Å². The lowest BCUT2D eigenvalue weighted by molar-refractivity contribution is 0.0901. The van der Waals surface area contributed by atoms with E-state index in [1.54, 1.807) is 6.92 Å². The van der Waals surface area contributed by atoms with Crippen LogP contribution in [0.2, 0.25) is 0 Å². The number of rotatable bonds is 2. The maximum Gasteiger partial charge on any atom is 0.232 e. The summed E-state index contributed by atoms with van der Waals surface area (Å²) in [6, 6.07) is 0. The first-order valence-corrected chi connectivity index (χ1v) is 5.13. The quantitative estimate of drug-likeness (QED) is 0.843. The molecule has 0 spiro atoms. The van der Waals surface area contributed by atoms with E-state index in [1.807, 2.05) is 0 Å². The van der Waals surface area contributed by atoms with Crippen molar-refractivity contribution in [2.75, 3.05) is 7.11 Å². The Balaban J connectivity index is 2.69. The van der Waals surface area contributed by atoms with E-state index < -0.39 is 17.7 Å². The zero-order chi connectivity index (χ0) is 12.7. The van der Waals surface area contributed by atoms with Crippen LogP contribution in [0.1, 0.15) is 45.3 Å². The van der Waals surface area contributed by atoms with Crippen LogP contribution < -0.4 is 0 Å². The normalized spacial score (nSPS) is 16.6. The summed E-state index contributed by atoms with van der Waals surface area (Å²) in [7, 11) is 1.32. The third-order valence-corrected chi connectivity index (χ3v) is 2.71. The second kappa shape index (κ2) is 3.85. The number of methoxy groups -OCH3 is 1. The van der Waals surface area contributed by atoms with Crippen molar-refractivity contribution >= 4 is 11.6 Å². The molecule has 17 heavy (non-hydrogen) atoms. The van der Waals surface area contributed by atoms with E-state index in [0.29, 0.717) is 11.3 Å². The van der Waals surface area contributed by atoms with Gasteiger partial charge in [0.25, 0.3) is 0 Å². The van der Waals surface area contributed by atoms with Gasteiger partial charge in [0.1, 0.15) is 5.76 Å². The number of hydrogen-bond donors (Lipinski definition) is 1. The predicted molar refractivity (Wildman–Crippen MR) is 57.8 cm³/mol. The van der Waals surface area contributed by atoms with Gasteiger partial charge in [-0.05, 0) is 13.8 Å². The van der Waals surface area contributed by atoms with Crippen molar-refractivity contribution in [1.29, 1.82) is 0 Å². The summed E-state index contributed by atoms with van der Waals surface area (Å²) in [6.07, 6.45) is 0.217. The molecule has 90 valence electrons. The van der Waals surface area contributed by atoms with Crippen molar-refractivity contribution in [2.45, 2.75) is 20.0 Å². The number of Topliss-reactive ketones (excluding diaryl/α,β-unsaturated/α-hetero) is 1. The first-order chi connectivity index (χ1) is 7.97. The number of ether oxygens (including phenoxy) is 1. The lowest BCUT2D eigenvalue weighted by Gasteiger charge is -2.12. The second-order valence-corrected chi connectivity index (χ2v) is 3.86. The molecule has 1 aromatic rings. The van der Waals surface area contributed by atoms with Gasteiger partial charge in [-0.2, -0.15) is 0 Å². The van der Waals surface area contributed by atoms with Gasteiger partial charge in [0.15, 0.2) is 11.5 Å². The fourth-order valence-electron chi connectivity index (χ4n) is 1.98. The number of aliphatic hydroxyl groups excluding tert-OH is 1. The number of aryl methyl sites for hydroxylation is 1. The number of fused-ring (bicyclic) bond motifs is 1. The van der Waals surface area contributed by atoms with Crippen LogP contribution in [0.5, 0.6) is 0 Å². The molecular weight excluding hydrogens is 224 g/mol. The minimum Gasteiger partial charge on any atom is -0.492 e. The van der Waals surface area contributed by atoms with Crippen LogP contribution in [-0.2, 0) is 4.74 Å². The van der Waals surface area contributed by atoms with Gasteiger partial charge < -0.3 is 14.3 Å². The molecule has 1 atom stereocenters. The van der Waals surface area contributed by atoms with Gasteiger partial charge in [-0.3, -0.25) is 9.59 Å². The summed E-state index contributed by atoms with van der Waals surface area (Å²) < 4.78 is 10.1. The molecule has 1 unspecified atom stereocenters. The number of carbonyl (C=O) groups is 2. The minimum absolute atomic E-state index is 0.0239. The highest BCUT2D eigenvalue weighted by atomic mass is 16.5. The molecule has 0 amide bonds. The molecule has 1 aliphatic carbocycles. The summed E-state index contributed by atoms with van der Waals surface area (Å²) in [5.41, 5.74) is 0.461. The summed E-state index contributed by atoms with van der Waals surface area (Å²) >= 11 is 0. The van der Waals surface area contributed by atoms with Crippen molar-refractivity contribution in [3.05, 3.63) is 34.5 Å². The van der Waals surface area contributed by atoms with Gasteiger partial charge in [0.2, 0.25) is 11.6 Å². The molecule has 0 radical (unpaired) electrons. The van der Waals surface area contributed by atoms with Crippen LogP contribution in [0.3, 0.4) is 0 Å². The lowest BCUT2D eigenvalue weighted by Crippen LogP contribution is -2.18. The Morgan fingerprint density at radius 3 is 2.59 bits per heavy atom. The van der Waals surface area contributed by atoms with E-state index in [1.165, 1.54) is 14.0 Å². The maximum atomic E-state index is 12.0.